The van der Waals surface area contributed by atoms with Crippen molar-refractivity contribution in [2.45, 2.75) is 0 Å². The standard InChI is InChI=1S/C54H34N2OS/c1-3-15-35(16-4-1)55(37-27-29-52-47(31-37)43-23-11-13-25-51(43)57-52)49-33-45-40-20-8-10-22-42(40)50(34-46(45)39-19-7-9-21-41(39)49)56(36-17-5-2-6-18-36)38-28-30-54-48(32-38)44-24-12-14-26-53(44)58-54/h1-34H. The van der Waals surface area contributed by atoms with Gasteiger partial charge in [0.05, 0.1) is 11.4 Å². The first kappa shape index (κ1) is 32.8. The number of fused-ring (bicyclic) bond motifs is 11. The lowest BCUT2D eigenvalue weighted by Gasteiger charge is -2.30. The van der Waals surface area contributed by atoms with Gasteiger partial charge in [-0.15, -0.1) is 11.3 Å². The van der Waals surface area contributed by atoms with Gasteiger partial charge in [-0.05, 0) is 106 Å². The van der Waals surface area contributed by atoms with Crippen molar-refractivity contribution in [3.05, 3.63) is 206 Å². The molecular weight excluding hydrogens is 725 g/mol. The molecule has 0 radical (unpaired) electrons. The van der Waals surface area contributed by atoms with E-state index in [4.69, 9.17) is 4.42 Å². The molecule has 0 saturated heterocycles. The van der Waals surface area contributed by atoms with Crippen LogP contribution in [0.2, 0.25) is 0 Å². The number of nitrogens with zero attached hydrogens (tertiary/aromatic N) is 2. The fourth-order valence-corrected chi connectivity index (χ4v) is 10.1. The quantitative estimate of drug-likeness (QED) is 0.157. The van der Waals surface area contributed by atoms with Gasteiger partial charge < -0.3 is 14.2 Å². The Labute approximate surface area is 338 Å². The highest BCUT2D eigenvalue weighted by atomic mass is 32.1. The molecular formula is C54H34N2OS. The summed E-state index contributed by atoms with van der Waals surface area (Å²) in [5.74, 6) is 0. The molecule has 0 unspecified atom stereocenters. The normalized spacial score (nSPS) is 11.8. The number of hydrogen-bond donors (Lipinski definition) is 0. The van der Waals surface area contributed by atoms with Crippen molar-refractivity contribution in [1.29, 1.82) is 0 Å². The Kier molecular flexibility index (Phi) is 7.40. The molecule has 0 aliphatic rings. The molecule has 2 heterocycles. The molecule has 0 saturated carbocycles. The molecule has 0 N–H and O–H groups in total. The summed E-state index contributed by atoms with van der Waals surface area (Å²) in [6.07, 6.45) is 0. The van der Waals surface area contributed by atoms with Crippen LogP contribution >= 0.6 is 11.3 Å². The fraction of sp³-hybridized carbons (Fsp3) is 0. The van der Waals surface area contributed by atoms with Gasteiger partial charge in [0, 0.05) is 64.5 Å². The maximum absolute atomic E-state index is 6.28. The number of hydrogen-bond acceptors (Lipinski definition) is 4. The molecule has 12 rings (SSSR count). The number of para-hydroxylation sites is 3. The predicted molar refractivity (Wildman–Crippen MR) is 248 cm³/mol. The largest absolute Gasteiger partial charge is 0.456 e. The second-order valence-corrected chi connectivity index (χ2v) is 16.0. The summed E-state index contributed by atoms with van der Waals surface area (Å²) in [5.41, 5.74) is 8.45. The van der Waals surface area contributed by atoms with Gasteiger partial charge in [-0.25, -0.2) is 0 Å². The van der Waals surface area contributed by atoms with E-state index in [-0.39, 0.29) is 0 Å². The van der Waals surface area contributed by atoms with Crippen LogP contribution in [0.5, 0.6) is 0 Å². The smallest absolute Gasteiger partial charge is 0.135 e. The second-order valence-electron chi connectivity index (χ2n) is 14.9. The number of benzene rings is 10. The maximum Gasteiger partial charge on any atom is 0.135 e. The first-order valence-corrected chi connectivity index (χ1v) is 20.5. The average Bonchev–Trinajstić information content (AvgIpc) is 3.85. The van der Waals surface area contributed by atoms with Crippen molar-refractivity contribution in [3.63, 3.8) is 0 Å². The van der Waals surface area contributed by atoms with E-state index in [1.165, 1.54) is 52.5 Å². The van der Waals surface area contributed by atoms with Gasteiger partial charge in [0.25, 0.3) is 0 Å². The van der Waals surface area contributed by atoms with Crippen molar-refractivity contribution in [2.24, 2.45) is 0 Å². The van der Waals surface area contributed by atoms with Crippen molar-refractivity contribution >= 4 is 120 Å². The van der Waals surface area contributed by atoms with Crippen LogP contribution in [-0.4, -0.2) is 0 Å². The van der Waals surface area contributed by atoms with Gasteiger partial charge in [0.2, 0.25) is 0 Å². The van der Waals surface area contributed by atoms with Crippen LogP contribution in [0.3, 0.4) is 0 Å². The van der Waals surface area contributed by atoms with Gasteiger partial charge in [0.1, 0.15) is 11.2 Å². The molecule has 0 aliphatic carbocycles. The minimum Gasteiger partial charge on any atom is -0.456 e. The topological polar surface area (TPSA) is 19.6 Å². The Morgan fingerprint density at radius 2 is 0.724 bits per heavy atom. The highest BCUT2D eigenvalue weighted by Crippen LogP contribution is 2.49. The number of rotatable bonds is 6. The molecule has 10 aromatic carbocycles. The van der Waals surface area contributed by atoms with E-state index in [0.717, 1.165) is 56.1 Å². The van der Waals surface area contributed by atoms with Gasteiger partial charge in [-0.3, -0.25) is 0 Å². The molecule has 2 aromatic heterocycles. The lowest BCUT2D eigenvalue weighted by atomic mass is 9.93. The van der Waals surface area contributed by atoms with Crippen molar-refractivity contribution in [3.8, 4) is 0 Å². The third kappa shape index (κ3) is 5.12. The summed E-state index contributed by atoms with van der Waals surface area (Å²) in [4.78, 5) is 4.85. The zero-order valence-corrected chi connectivity index (χ0v) is 32.2. The predicted octanol–water partition coefficient (Wildman–Crippen LogP) is 16.4. The van der Waals surface area contributed by atoms with E-state index >= 15 is 0 Å². The Hall–Kier alpha value is -7.40. The van der Waals surface area contributed by atoms with Crippen LogP contribution in [-0.2, 0) is 0 Å². The summed E-state index contributed by atoms with van der Waals surface area (Å²) in [6.45, 7) is 0. The molecule has 0 spiro atoms. The van der Waals surface area contributed by atoms with E-state index in [9.17, 15) is 0 Å². The van der Waals surface area contributed by atoms with E-state index in [0.29, 0.717) is 0 Å². The fourth-order valence-electron chi connectivity index (χ4n) is 9.00. The zero-order valence-electron chi connectivity index (χ0n) is 31.3. The number of furan rings is 1. The SMILES string of the molecule is c1ccc(N(c2ccc3oc4ccccc4c3c2)c2cc3c4ccccc4c(N(c4ccccc4)c4ccc5sc6ccccc6c5c4)cc3c3ccccc23)cc1. The average molecular weight is 759 g/mol. The monoisotopic (exact) mass is 758 g/mol. The molecule has 0 bridgehead atoms. The van der Waals surface area contributed by atoms with Crippen LogP contribution in [0.15, 0.2) is 211 Å². The lowest BCUT2D eigenvalue weighted by Crippen LogP contribution is -2.11. The molecule has 0 amide bonds. The highest BCUT2D eigenvalue weighted by molar-refractivity contribution is 7.25. The number of anilines is 6. The van der Waals surface area contributed by atoms with Crippen LogP contribution in [0, 0.1) is 0 Å². The third-order valence-electron chi connectivity index (χ3n) is 11.6. The van der Waals surface area contributed by atoms with Gasteiger partial charge >= 0.3 is 0 Å². The van der Waals surface area contributed by atoms with E-state index in [1.807, 2.05) is 23.5 Å². The second kappa shape index (κ2) is 13.1. The lowest BCUT2D eigenvalue weighted by molar-refractivity contribution is 0.669. The minimum atomic E-state index is 0.883. The zero-order chi connectivity index (χ0) is 38.2. The molecule has 0 aliphatic heterocycles. The first-order valence-electron chi connectivity index (χ1n) is 19.7. The molecule has 0 atom stereocenters. The molecule has 3 nitrogen and oxygen atoms in total. The third-order valence-corrected chi connectivity index (χ3v) is 12.7. The minimum absolute atomic E-state index is 0.883. The van der Waals surface area contributed by atoms with Gasteiger partial charge in [-0.1, -0.05) is 121 Å². The van der Waals surface area contributed by atoms with E-state index in [2.05, 4.69) is 204 Å². The van der Waals surface area contributed by atoms with Crippen LogP contribution in [0.1, 0.15) is 0 Å². The van der Waals surface area contributed by atoms with E-state index < -0.39 is 0 Å². The molecule has 4 heteroatoms. The maximum atomic E-state index is 6.28. The Balaban J connectivity index is 1.14. The summed E-state index contributed by atoms with van der Waals surface area (Å²) in [7, 11) is 0. The summed E-state index contributed by atoms with van der Waals surface area (Å²) >= 11 is 1.85. The van der Waals surface area contributed by atoms with Gasteiger partial charge in [0.15, 0.2) is 0 Å². The van der Waals surface area contributed by atoms with Gasteiger partial charge in [-0.2, -0.15) is 0 Å². The van der Waals surface area contributed by atoms with Crippen molar-refractivity contribution in [1.82, 2.24) is 0 Å². The van der Waals surface area contributed by atoms with Crippen LogP contribution in [0.25, 0.3) is 74.4 Å². The van der Waals surface area contributed by atoms with Crippen LogP contribution < -0.4 is 9.80 Å². The first-order chi connectivity index (χ1) is 28.8. The van der Waals surface area contributed by atoms with Crippen molar-refractivity contribution < 1.29 is 4.42 Å². The molecule has 58 heavy (non-hydrogen) atoms. The molecule has 12 aromatic rings. The number of thiophene rings is 1. The molecule has 272 valence electrons. The van der Waals surface area contributed by atoms with Crippen molar-refractivity contribution in [2.75, 3.05) is 9.80 Å². The summed E-state index contributed by atoms with van der Waals surface area (Å²) < 4.78 is 8.88. The van der Waals surface area contributed by atoms with Crippen LogP contribution in [0.4, 0.5) is 34.1 Å². The summed E-state index contributed by atoms with van der Waals surface area (Å²) in [5, 5.41) is 12.0. The summed E-state index contributed by atoms with van der Waals surface area (Å²) in [6, 6.07) is 74.7. The Morgan fingerprint density at radius 3 is 1.34 bits per heavy atom. The Morgan fingerprint density at radius 1 is 0.276 bits per heavy atom. The van der Waals surface area contributed by atoms with E-state index in [1.54, 1.807) is 0 Å². The highest BCUT2D eigenvalue weighted by Gasteiger charge is 2.23. The Bertz CT molecular complexity index is 3300. The molecule has 0 fully saturated rings.